The molecule has 1 saturated heterocycles. The second-order valence-electron chi connectivity index (χ2n) is 4.81. The van der Waals surface area contributed by atoms with Crippen LogP contribution in [0.2, 0.25) is 0 Å². The Labute approximate surface area is 90.5 Å². The molecule has 0 radical (unpaired) electrons. The minimum atomic E-state index is 0.785. The molecule has 1 aliphatic heterocycles. The van der Waals surface area contributed by atoms with Crippen molar-refractivity contribution in [1.29, 1.82) is 0 Å². The number of nitrogens with zero attached hydrogens (tertiary/aromatic N) is 3. The Morgan fingerprint density at radius 2 is 2.20 bits per heavy atom. The van der Waals surface area contributed by atoms with Gasteiger partial charge in [0.05, 0.1) is 0 Å². The van der Waals surface area contributed by atoms with Crippen molar-refractivity contribution in [1.82, 2.24) is 9.97 Å². The maximum atomic E-state index is 4.55. The lowest BCUT2D eigenvalue weighted by Gasteiger charge is -2.28. The monoisotopic (exact) mass is 203 g/mol. The van der Waals surface area contributed by atoms with Gasteiger partial charge in [0.2, 0.25) is 0 Å². The number of piperidine rings is 1. The second-order valence-corrected chi connectivity index (χ2v) is 4.81. The van der Waals surface area contributed by atoms with E-state index in [4.69, 9.17) is 0 Å². The highest BCUT2D eigenvalue weighted by Gasteiger charge is 2.44. The van der Waals surface area contributed by atoms with Crippen molar-refractivity contribution in [2.24, 2.45) is 5.92 Å². The summed E-state index contributed by atoms with van der Waals surface area (Å²) in [6, 6.07) is 2.90. The fourth-order valence-corrected chi connectivity index (χ4v) is 2.74. The fraction of sp³-hybridized carbons (Fsp3) is 0.667. The van der Waals surface area contributed by atoms with E-state index in [1.54, 1.807) is 0 Å². The first-order valence-corrected chi connectivity index (χ1v) is 5.83. The summed E-state index contributed by atoms with van der Waals surface area (Å²) in [6.45, 7) is 5.20. The van der Waals surface area contributed by atoms with Gasteiger partial charge in [-0.15, -0.1) is 0 Å². The van der Waals surface area contributed by atoms with E-state index in [1.807, 2.05) is 13.8 Å². The molecule has 2 unspecified atom stereocenters. The Hall–Kier alpha value is -1.12. The van der Waals surface area contributed by atoms with Crippen molar-refractivity contribution >= 4 is 5.82 Å². The molecule has 1 aliphatic carbocycles. The van der Waals surface area contributed by atoms with Gasteiger partial charge in [0, 0.05) is 24.3 Å². The lowest BCUT2D eigenvalue weighted by atomic mass is 10.1. The van der Waals surface area contributed by atoms with Crippen LogP contribution < -0.4 is 4.90 Å². The molecule has 15 heavy (non-hydrogen) atoms. The third-order valence-electron chi connectivity index (χ3n) is 3.51. The predicted molar refractivity (Wildman–Crippen MR) is 60.0 cm³/mol. The number of rotatable bonds is 1. The summed E-state index contributed by atoms with van der Waals surface area (Å²) in [5.74, 6) is 2.99. The van der Waals surface area contributed by atoms with Crippen LogP contribution in [0.15, 0.2) is 6.07 Å². The molecule has 3 heteroatoms. The molecule has 3 nitrogen and oxygen atoms in total. The molecule has 0 bridgehead atoms. The molecule has 1 aromatic rings. The third-order valence-corrected chi connectivity index (χ3v) is 3.51. The average molecular weight is 203 g/mol. The first kappa shape index (κ1) is 9.13. The maximum absolute atomic E-state index is 4.55. The zero-order valence-electron chi connectivity index (χ0n) is 9.40. The Bertz CT molecular complexity index is 368. The van der Waals surface area contributed by atoms with Crippen molar-refractivity contribution in [3.8, 4) is 0 Å². The van der Waals surface area contributed by atoms with E-state index in [9.17, 15) is 0 Å². The molecule has 0 N–H and O–H groups in total. The molecule has 2 heterocycles. The molecule has 0 aromatic carbocycles. The summed E-state index contributed by atoms with van der Waals surface area (Å²) in [5.41, 5.74) is 1.08. The predicted octanol–water partition coefficient (Wildman–Crippen LogP) is 2.08. The molecule has 3 rings (SSSR count). The highest BCUT2D eigenvalue weighted by molar-refractivity contribution is 5.44. The van der Waals surface area contributed by atoms with Crippen LogP contribution in [0.25, 0.3) is 0 Å². The van der Waals surface area contributed by atoms with Gasteiger partial charge in [-0.25, -0.2) is 9.97 Å². The second kappa shape index (κ2) is 3.19. The molecule has 80 valence electrons. The molecule has 0 spiro atoms. The van der Waals surface area contributed by atoms with Gasteiger partial charge in [0.1, 0.15) is 11.6 Å². The van der Waals surface area contributed by atoms with Crippen molar-refractivity contribution < 1.29 is 0 Å². The molecule has 2 atom stereocenters. The van der Waals surface area contributed by atoms with Crippen LogP contribution in [-0.4, -0.2) is 22.6 Å². The smallest absolute Gasteiger partial charge is 0.132 e. The van der Waals surface area contributed by atoms with Gasteiger partial charge in [0.15, 0.2) is 0 Å². The number of aromatic nitrogens is 2. The summed E-state index contributed by atoms with van der Waals surface area (Å²) in [7, 11) is 0. The van der Waals surface area contributed by atoms with Crippen molar-refractivity contribution in [3.05, 3.63) is 17.6 Å². The number of anilines is 1. The number of aryl methyl sites for hydroxylation is 2. The lowest BCUT2D eigenvalue weighted by molar-refractivity contribution is 0.554. The summed E-state index contributed by atoms with van der Waals surface area (Å²) >= 11 is 0. The van der Waals surface area contributed by atoms with Crippen molar-refractivity contribution in [3.63, 3.8) is 0 Å². The lowest BCUT2D eigenvalue weighted by Crippen LogP contribution is -2.32. The van der Waals surface area contributed by atoms with Crippen LogP contribution >= 0.6 is 0 Å². The van der Waals surface area contributed by atoms with E-state index in [0.29, 0.717) is 0 Å². The van der Waals surface area contributed by atoms with E-state index < -0.39 is 0 Å². The number of hydrogen-bond donors (Lipinski definition) is 0. The molecule has 0 amide bonds. The zero-order chi connectivity index (χ0) is 10.4. The summed E-state index contributed by atoms with van der Waals surface area (Å²) in [6.07, 6.45) is 4.12. The Kier molecular flexibility index (Phi) is 1.94. The van der Waals surface area contributed by atoms with Gasteiger partial charge in [-0.1, -0.05) is 0 Å². The zero-order valence-corrected chi connectivity index (χ0v) is 9.40. The maximum Gasteiger partial charge on any atom is 0.132 e. The molecular weight excluding hydrogens is 186 g/mol. The van der Waals surface area contributed by atoms with Gasteiger partial charge in [0.25, 0.3) is 0 Å². The van der Waals surface area contributed by atoms with Crippen molar-refractivity contribution in [2.75, 3.05) is 11.4 Å². The highest BCUT2D eigenvalue weighted by atomic mass is 15.3. The number of fused-ring (bicyclic) bond motifs is 1. The quantitative estimate of drug-likeness (QED) is 0.699. The van der Waals surface area contributed by atoms with E-state index in [1.165, 1.54) is 25.8 Å². The SMILES string of the molecule is Cc1cc(N2CCCC3CC32)nc(C)n1. The first-order chi connectivity index (χ1) is 7.24. The van der Waals surface area contributed by atoms with Crippen LogP contribution in [0.1, 0.15) is 30.8 Å². The van der Waals surface area contributed by atoms with Crippen LogP contribution in [-0.2, 0) is 0 Å². The average Bonchev–Trinajstić information content (AvgIpc) is 2.93. The number of hydrogen-bond acceptors (Lipinski definition) is 3. The van der Waals surface area contributed by atoms with Crippen LogP contribution in [0, 0.1) is 19.8 Å². The van der Waals surface area contributed by atoms with Crippen molar-refractivity contribution in [2.45, 2.75) is 39.2 Å². The van der Waals surface area contributed by atoms with Gasteiger partial charge >= 0.3 is 0 Å². The topological polar surface area (TPSA) is 29.0 Å². The van der Waals surface area contributed by atoms with Gasteiger partial charge in [-0.05, 0) is 39.0 Å². The highest BCUT2D eigenvalue weighted by Crippen LogP contribution is 2.44. The fourth-order valence-electron chi connectivity index (χ4n) is 2.74. The molecule has 2 fully saturated rings. The van der Waals surface area contributed by atoms with Crippen LogP contribution in [0.3, 0.4) is 0 Å². The Morgan fingerprint density at radius 1 is 1.33 bits per heavy atom. The molecule has 2 aliphatic rings. The molecular formula is C12H17N3. The molecule has 1 aromatic heterocycles. The largest absolute Gasteiger partial charge is 0.353 e. The third kappa shape index (κ3) is 1.60. The minimum Gasteiger partial charge on any atom is -0.353 e. The Balaban J connectivity index is 1.91. The Morgan fingerprint density at radius 3 is 3.00 bits per heavy atom. The van der Waals surface area contributed by atoms with Crippen LogP contribution in [0.4, 0.5) is 5.82 Å². The van der Waals surface area contributed by atoms with Gasteiger partial charge in [-0.2, -0.15) is 0 Å². The normalized spacial score (nSPS) is 28.8. The summed E-state index contributed by atoms with van der Waals surface area (Å²) in [4.78, 5) is 11.4. The van der Waals surface area contributed by atoms with E-state index in [0.717, 1.165) is 29.3 Å². The summed E-state index contributed by atoms with van der Waals surface area (Å²) < 4.78 is 0. The van der Waals surface area contributed by atoms with E-state index >= 15 is 0 Å². The van der Waals surface area contributed by atoms with E-state index in [-0.39, 0.29) is 0 Å². The summed E-state index contributed by atoms with van der Waals surface area (Å²) in [5, 5.41) is 0. The minimum absolute atomic E-state index is 0.785. The van der Waals surface area contributed by atoms with E-state index in [2.05, 4.69) is 20.9 Å². The standard InChI is InChI=1S/C12H17N3/c1-8-6-12(14-9(2)13-8)15-5-3-4-10-7-11(10)15/h6,10-11H,3-5,7H2,1-2H3. The van der Waals surface area contributed by atoms with Gasteiger partial charge < -0.3 is 4.90 Å². The first-order valence-electron chi connectivity index (χ1n) is 5.83. The molecule has 1 saturated carbocycles. The van der Waals surface area contributed by atoms with Crippen LogP contribution in [0.5, 0.6) is 0 Å². The van der Waals surface area contributed by atoms with Gasteiger partial charge in [-0.3, -0.25) is 0 Å².